The van der Waals surface area contributed by atoms with Crippen molar-refractivity contribution in [2.75, 3.05) is 5.73 Å². The standard InChI is InChI=1S/C12H10F2N2S/c13-7-2-1-3-8(14)9(7)10-11(15)17-12(16-10)6-4-5-6/h1-3,6H,4-5,15H2. The number of rotatable bonds is 2. The molecule has 0 unspecified atom stereocenters. The second-order valence-electron chi connectivity index (χ2n) is 4.14. The molecule has 0 spiro atoms. The number of nitrogens with zero attached hydrogens (tertiary/aromatic N) is 1. The molecule has 0 amide bonds. The van der Waals surface area contributed by atoms with Crippen molar-refractivity contribution < 1.29 is 8.78 Å². The van der Waals surface area contributed by atoms with E-state index in [9.17, 15) is 8.78 Å². The van der Waals surface area contributed by atoms with E-state index in [1.165, 1.54) is 29.5 Å². The third-order valence-electron chi connectivity index (χ3n) is 2.80. The number of benzene rings is 1. The van der Waals surface area contributed by atoms with Gasteiger partial charge in [-0.25, -0.2) is 13.8 Å². The van der Waals surface area contributed by atoms with Crippen LogP contribution in [-0.4, -0.2) is 4.98 Å². The van der Waals surface area contributed by atoms with Crippen LogP contribution in [0.3, 0.4) is 0 Å². The second-order valence-corrected chi connectivity index (χ2v) is 5.20. The molecular weight excluding hydrogens is 242 g/mol. The van der Waals surface area contributed by atoms with Gasteiger partial charge in [0.05, 0.1) is 10.6 Å². The molecule has 1 fully saturated rings. The Bertz CT molecular complexity index is 556. The zero-order valence-electron chi connectivity index (χ0n) is 8.91. The van der Waals surface area contributed by atoms with E-state index >= 15 is 0 Å². The van der Waals surface area contributed by atoms with Crippen LogP contribution in [-0.2, 0) is 0 Å². The fraction of sp³-hybridized carbons (Fsp3) is 0.250. The van der Waals surface area contributed by atoms with Crippen LogP contribution in [0.5, 0.6) is 0 Å². The molecule has 0 saturated heterocycles. The van der Waals surface area contributed by atoms with E-state index in [2.05, 4.69) is 4.98 Å². The molecule has 0 radical (unpaired) electrons. The van der Waals surface area contributed by atoms with E-state index in [4.69, 9.17) is 5.73 Å². The van der Waals surface area contributed by atoms with Gasteiger partial charge in [0.25, 0.3) is 0 Å². The van der Waals surface area contributed by atoms with Crippen molar-refractivity contribution in [3.05, 3.63) is 34.8 Å². The molecule has 2 nitrogen and oxygen atoms in total. The molecule has 0 bridgehead atoms. The first kappa shape index (κ1) is 10.7. The van der Waals surface area contributed by atoms with E-state index in [1.807, 2.05) is 0 Å². The van der Waals surface area contributed by atoms with Gasteiger partial charge in [0.15, 0.2) is 0 Å². The highest BCUT2D eigenvalue weighted by Gasteiger charge is 2.29. The summed E-state index contributed by atoms with van der Waals surface area (Å²) in [5, 5.41) is 1.27. The minimum Gasteiger partial charge on any atom is -0.389 e. The van der Waals surface area contributed by atoms with E-state index in [-0.39, 0.29) is 11.3 Å². The van der Waals surface area contributed by atoms with Gasteiger partial charge in [0, 0.05) is 5.92 Å². The maximum atomic E-state index is 13.6. The number of thiazole rings is 1. The van der Waals surface area contributed by atoms with Crippen LogP contribution in [0.25, 0.3) is 11.3 Å². The van der Waals surface area contributed by atoms with Crippen molar-refractivity contribution in [1.82, 2.24) is 4.98 Å². The first-order chi connectivity index (χ1) is 8.16. The summed E-state index contributed by atoms with van der Waals surface area (Å²) in [6.45, 7) is 0. The predicted molar refractivity (Wildman–Crippen MR) is 63.9 cm³/mol. The molecule has 1 aliphatic rings. The van der Waals surface area contributed by atoms with Crippen LogP contribution < -0.4 is 5.73 Å². The van der Waals surface area contributed by atoms with Crippen molar-refractivity contribution in [3.63, 3.8) is 0 Å². The van der Waals surface area contributed by atoms with Crippen LogP contribution >= 0.6 is 11.3 Å². The highest BCUT2D eigenvalue weighted by Crippen LogP contribution is 2.45. The highest BCUT2D eigenvalue weighted by atomic mass is 32.1. The molecule has 2 aromatic rings. The monoisotopic (exact) mass is 252 g/mol. The van der Waals surface area contributed by atoms with Gasteiger partial charge in [-0.05, 0) is 25.0 Å². The minimum absolute atomic E-state index is 0.117. The Labute approximate surface area is 101 Å². The van der Waals surface area contributed by atoms with Crippen molar-refractivity contribution in [3.8, 4) is 11.3 Å². The van der Waals surface area contributed by atoms with Gasteiger partial charge in [-0.2, -0.15) is 0 Å². The largest absolute Gasteiger partial charge is 0.389 e. The third-order valence-corrected chi connectivity index (χ3v) is 3.84. The maximum absolute atomic E-state index is 13.6. The SMILES string of the molecule is Nc1sc(C2CC2)nc1-c1c(F)cccc1F. The molecule has 1 saturated carbocycles. The average molecular weight is 252 g/mol. The summed E-state index contributed by atoms with van der Waals surface area (Å²) in [6, 6.07) is 3.76. The fourth-order valence-corrected chi connectivity index (χ4v) is 2.77. The van der Waals surface area contributed by atoms with Crippen LogP contribution in [0.2, 0.25) is 0 Å². The van der Waals surface area contributed by atoms with E-state index in [1.54, 1.807) is 0 Å². The molecular formula is C12H10F2N2S. The number of nitrogens with two attached hydrogens (primary N) is 1. The van der Waals surface area contributed by atoms with Crippen LogP contribution in [0.15, 0.2) is 18.2 Å². The summed E-state index contributed by atoms with van der Waals surface area (Å²) in [5.74, 6) is -0.806. The zero-order chi connectivity index (χ0) is 12.0. The Kier molecular flexibility index (Phi) is 2.36. The van der Waals surface area contributed by atoms with E-state index in [0.717, 1.165) is 17.8 Å². The number of nitrogen functional groups attached to an aromatic ring is 1. The summed E-state index contributed by atoms with van der Waals surface area (Å²) >= 11 is 1.33. The summed E-state index contributed by atoms with van der Waals surface area (Å²) in [7, 11) is 0. The Balaban J connectivity index is 2.14. The van der Waals surface area contributed by atoms with Crippen molar-refractivity contribution in [2.45, 2.75) is 18.8 Å². The maximum Gasteiger partial charge on any atom is 0.135 e. The number of hydrogen-bond donors (Lipinski definition) is 1. The Hall–Kier alpha value is -1.49. The van der Waals surface area contributed by atoms with Crippen molar-refractivity contribution in [1.29, 1.82) is 0 Å². The second kappa shape index (κ2) is 3.77. The number of hydrogen-bond acceptors (Lipinski definition) is 3. The van der Waals surface area contributed by atoms with Gasteiger partial charge in [0.1, 0.15) is 22.3 Å². The van der Waals surface area contributed by atoms with Gasteiger partial charge >= 0.3 is 0 Å². The quantitative estimate of drug-likeness (QED) is 0.887. The van der Waals surface area contributed by atoms with Crippen molar-refractivity contribution in [2.24, 2.45) is 0 Å². The topological polar surface area (TPSA) is 38.9 Å². The first-order valence-electron chi connectivity index (χ1n) is 5.37. The Morgan fingerprint density at radius 2 is 1.88 bits per heavy atom. The van der Waals surface area contributed by atoms with Crippen LogP contribution in [0.1, 0.15) is 23.8 Å². The summed E-state index contributed by atoms with van der Waals surface area (Å²) < 4.78 is 27.2. The lowest BCUT2D eigenvalue weighted by atomic mass is 10.1. The summed E-state index contributed by atoms with van der Waals surface area (Å²) in [5.41, 5.74) is 5.93. The molecule has 1 aromatic heterocycles. The molecule has 1 aliphatic carbocycles. The third kappa shape index (κ3) is 1.80. The lowest BCUT2D eigenvalue weighted by Crippen LogP contribution is -1.93. The van der Waals surface area contributed by atoms with Gasteiger partial charge in [-0.3, -0.25) is 0 Å². The first-order valence-corrected chi connectivity index (χ1v) is 6.19. The molecule has 1 aromatic carbocycles. The Morgan fingerprint density at radius 1 is 1.24 bits per heavy atom. The lowest BCUT2D eigenvalue weighted by Gasteiger charge is -2.02. The summed E-state index contributed by atoms with van der Waals surface area (Å²) in [6.07, 6.45) is 2.18. The van der Waals surface area contributed by atoms with Gasteiger partial charge < -0.3 is 5.73 Å². The number of anilines is 1. The smallest absolute Gasteiger partial charge is 0.135 e. The number of halogens is 2. The van der Waals surface area contributed by atoms with E-state index < -0.39 is 11.6 Å². The number of aromatic nitrogens is 1. The summed E-state index contributed by atoms with van der Waals surface area (Å²) in [4.78, 5) is 4.28. The minimum atomic E-state index is -0.621. The molecule has 0 aliphatic heterocycles. The molecule has 3 rings (SSSR count). The molecule has 1 heterocycles. The predicted octanol–water partition coefficient (Wildman–Crippen LogP) is 3.55. The van der Waals surface area contributed by atoms with E-state index in [0.29, 0.717) is 10.9 Å². The lowest BCUT2D eigenvalue weighted by molar-refractivity contribution is 0.589. The molecule has 2 N–H and O–H groups in total. The molecule has 17 heavy (non-hydrogen) atoms. The van der Waals surface area contributed by atoms with Crippen molar-refractivity contribution >= 4 is 16.3 Å². The van der Waals surface area contributed by atoms with Gasteiger partial charge in [-0.1, -0.05) is 6.07 Å². The molecule has 5 heteroatoms. The Morgan fingerprint density at radius 3 is 2.47 bits per heavy atom. The average Bonchev–Trinajstić information content (AvgIpc) is 3.05. The fourth-order valence-electron chi connectivity index (χ4n) is 1.76. The van der Waals surface area contributed by atoms with Crippen LogP contribution in [0.4, 0.5) is 13.8 Å². The zero-order valence-corrected chi connectivity index (χ0v) is 9.73. The normalized spacial score (nSPS) is 15.2. The molecule has 0 atom stereocenters. The van der Waals surface area contributed by atoms with Gasteiger partial charge in [-0.15, -0.1) is 11.3 Å². The molecule has 88 valence electrons. The van der Waals surface area contributed by atoms with Gasteiger partial charge in [0.2, 0.25) is 0 Å². The highest BCUT2D eigenvalue weighted by molar-refractivity contribution is 7.16. The van der Waals surface area contributed by atoms with Crippen LogP contribution in [0, 0.1) is 11.6 Å².